The summed E-state index contributed by atoms with van der Waals surface area (Å²) in [6.07, 6.45) is 0. The first-order valence-electron chi connectivity index (χ1n) is 7.18. The topological polar surface area (TPSA) is 54.9 Å². The number of aromatic nitrogens is 2. The maximum Gasteiger partial charge on any atom is 0.233 e. The fourth-order valence-electron chi connectivity index (χ4n) is 1.80. The van der Waals surface area contributed by atoms with Crippen molar-refractivity contribution in [3.63, 3.8) is 0 Å². The van der Waals surface area contributed by atoms with Crippen molar-refractivity contribution in [2.75, 3.05) is 5.75 Å². The number of benzene rings is 1. The van der Waals surface area contributed by atoms with Crippen molar-refractivity contribution in [2.24, 2.45) is 0 Å². The molecule has 0 spiro atoms. The van der Waals surface area contributed by atoms with Crippen LogP contribution in [0.25, 0.3) is 0 Å². The molecule has 8 heteroatoms. The Bertz CT molecular complexity index is 648. The van der Waals surface area contributed by atoms with Crippen LogP contribution >= 0.6 is 34.9 Å². The third-order valence-electron chi connectivity index (χ3n) is 3.03. The Morgan fingerprint density at radius 1 is 1.26 bits per heavy atom. The van der Waals surface area contributed by atoms with Gasteiger partial charge in [0.05, 0.1) is 11.3 Å². The van der Waals surface area contributed by atoms with Crippen LogP contribution in [0.2, 0.25) is 0 Å². The number of nitrogens with one attached hydrogen (secondary N) is 1. The fourth-order valence-corrected chi connectivity index (χ4v) is 4.87. The Hall–Kier alpha value is -1.12. The van der Waals surface area contributed by atoms with Crippen molar-refractivity contribution in [1.29, 1.82) is 0 Å². The second-order valence-electron chi connectivity index (χ2n) is 4.81. The summed E-state index contributed by atoms with van der Waals surface area (Å²) < 4.78 is 14.6. The molecule has 0 saturated carbocycles. The minimum Gasteiger partial charge on any atom is -0.349 e. The summed E-state index contributed by atoms with van der Waals surface area (Å²) in [6.45, 7) is 5.78. The lowest BCUT2D eigenvalue weighted by Crippen LogP contribution is -2.33. The van der Waals surface area contributed by atoms with E-state index in [1.165, 1.54) is 35.2 Å². The van der Waals surface area contributed by atoms with Gasteiger partial charge in [0.2, 0.25) is 5.91 Å². The zero-order valence-electron chi connectivity index (χ0n) is 13.1. The highest BCUT2D eigenvalue weighted by atomic mass is 32.2. The summed E-state index contributed by atoms with van der Waals surface area (Å²) in [5, 5.41) is 10.8. The third kappa shape index (κ3) is 5.47. The van der Waals surface area contributed by atoms with Crippen LogP contribution in [0.3, 0.4) is 0 Å². The second kappa shape index (κ2) is 8.65. The Balaban J connectivity index is 1.89. The molecule has 2 rings (SSSR count). The van der Waals surface area contributed by atoms with Crippen LogP contribution in [-0.4, -0.2) is 27.1 Å². The van der Waals surface area contributed by atoms with Gasteiger partial charge in [-0.05, 0) is 37.3 Å². The largest absolute Gasteiger partial charge is 0.349 e. The van der Waals surface area contributed by atoms with Gasteiger partial charge in [-0.25, -0.2) is 4.39 Å². The number of rotatable bonds is 7. The zero-order valence-corrected chi connectivity index (χ0v) is 15.5. The molecular formula is C15H18FN3OS3. The van der Waals surface area contributed by atoms with E-state index in [1.54, 1.807) is 23.9 Å². The fraction of sp³-hybridized carbons (Fsp3) is 0.400. The molecule has 1 heterocycles. The van der Waals surface area contributed by atoms with Crippen molar-refractivity contribution in [1.82, 2.24) is 15.5 Å². The van der Waals surface area contributed by atoms with Gasteiger partial charge in [-0.2, -0.15) is 0 Å². The predicted octanol–water partition coefficient (Wildman–Crippen LogP) is 4.15. The first-order valence-corrected chi connectivity index (χ1v) is 9.86. The van der Waals surface area contributed by atoms with E-state index in [1.807, 2.05) is 13.8 Å². The summed E-state index contributed by atoms with van der Waals surface area (Å²) in [6, 6.07) is 5.97. The number of hydrogen-bond donors (Lipinski definition) is 1. The van der Waals surface area contributed by atoms with Gasteiger partial charge in [-0.3, -0.25) is 4.79 Å². The van der Waals surface area contributed by atoms with Crippen LogP contribution < -0.4 is 5.32 Å². The highest BCUT2D eigenvalue weighted by molar-refractivity contribution is 8.03. The summed E-state index contributed by atoms with van der Waals surface area (Å²) in [5.41, 5.74) is 0.870. The van der Waals surface area contributed by atoms with Crippen LogP contribution in [-0.2, 0) is 4.79 Å². The Kier molecular flexibility index (Phi) is 6.86. The maximum absolute atomic E-state index is 12.9. The summed E-state index contributed by atoms with van der Waals surface area (Å²) >= 11 is 4.54. The van der Waals surface area contributed by atoms with Gasteiger partial charge in [-0.1, -0.05) is 53.9 Å². The quantitative estimate of drug-likeness (QED) is 0.741. The lowest BCUT2D eigenvalue weighted by molar-refractivity contribution is -0.120. The maximum atomic E-state index is 12.9. The first kappa shape index (κ1) is 18.2. The molecule has 2 atom stereocenters. The monoisotopic (exact) mass is 371 g/mol. The molecule has 1 aromatic heterocycles. The van der Waals surface area contributed by atoms with Crippen LogP contribution in [0.1, 0.15) is 32.4 Å². The molecule has 0 radical (unpaired) electrons. The van der Waals surface area contributed by atoms with Gasteiger partial charge in [0.1, 0.15) is 5.82 Å². The average Bonchev–Trinajstić information content (AvgIpc) is 2.95. The van der Waals surface area contributed by atoms with E-state index in [0.29, 0.717) is 0 Å². The van der Waals surface area contributed by atoms with Gasteiger partial charge >= 0.3 is 0 Å². The molecule has 1 aromatic carbocycles. The van der Waals surface area contributed by atoms with Crippen molar-refractivity contribution in [3.05, 3.63) is 35.6 Å². The standard InChI is InChI=1S/C15H18FN3OS3/c1-4-21-14-18-19-15(23-14)22-10(3)13(20)17-9(2)11-5-7-12(16)8-6-11/h5-10H,4H2,1-3H3,(H,17,20)/t9-,10-/m0/s1. The number of halogens is 1. The van der Waals surface area contributed by atoms with E-state index >= 15 is 0 Å². The predicted molar refractivity (Wildman–Crippen MR) is 94.6 cm³/mol. The van der Waals surface area contributed by atoms with Crippen molar-refractivity contribution < 1.29 is 9.18 Å². The average molecular weight is 372 g/mol. The lowest BCUT2D eigenvalue weighted by atomic mass is 10.1. The SMILES string of the molecule is CCSc1nnc(S[C@@H](C)C(=O)N[C@@H](C)c2ccc(F)cc2)s1. The first-order chi connectivity index (χ1) is 11.0. The van der Waals surface area contributed by atoms with Gasteiger partial charge in [0.25, 0.3) is 0 Å². The van der Waals surface area contributed by atoms with Gasteiger partial charge in [-0.15, -0.1) is 10.2 Å². The van der Waals surface area contributed by atoms with Crippen molar-refractivity contribution >= 4 is 40.8 Å². The molecule has 0 bridgehead atoms. The van der Waals surface area contributed by atoms with E-state index in [2.05, 4.69) is 22.4 Å². The molecular weight excluding hydrogens is 353 g/mol. The number of amides is 1. The Labute approximate surface area is 147 Å². The minimum atomic E-state index is -0.284. The number of nitrogens with zero attached hydrogens (tertiary/aromatic N) is 2. The zero-order chi connectivity index (χ0) is 16.8. The van der Waals surface area contributed by atoms with Crippen molar-refractivity contribution in [3.8, 4) is 0 Å². The molecule has 2 aromatic rings. The van der Waals surface area contributed by atoms with Crippen LogP contribution in [0.15, 0.2) is 32.9 Å². The molecule has 0 fully saturated rings. The number of hydrogen-bond acceptors (Lipinski definition) is 6. The van der Waals surface area contributed by atoms with Gasteiger partial charge in [0.15, 0.2) is 8.68 Å². The lowest BCUT2D eigenvalue weighted by Gasteiger charge is -2.17. The van der Waals surface area contributed by atoms with Crippen LogP contribution in [0, 0.1) is 5.82 Å². The molecule has 23 heavy (non-hydrogen) atoms. The number of carbonyl (C=O) groups excluding carboxylic acids is 1. The van der Waals surface area contributed by atoms with Crippen LogP contribution in [0.4, 0.5) is 4.39 Å². The highest BCUT2D eigenvalue weighted by Crippen LogP contribution is 2.31. The third-order valence-corrected chi connectivity index (χ3v) is 6.15. The number of carbonyl (C=O) groups is 1. The second-order valence-corrected chi connectivity index (χ2v) is 8.89. The van der Waals surface area contributed by atoms with Gasteiger partial charge < -0.3 is 5.32 Å². The molecule has 1 N–H and O–H groups in total. The van der Waals surface area contributed by atoms with E-state index in [4.69, 9.17) is 0 Å². The molecule has 124 valence electrons. The van der Waals surface area contributed by atoms with Crippen molar-refractivity contribution in [2.45, 2.75) is 40.7 Å². The number of thioether (sulfide) groups is 2. The smallest absolute Gasteiger partial charge is 0.233 e. The Morgan fingerprint density at radius 2 is 1.91 bits per heavy atom. The molecule has 4 nitrogen and oxygen atoms in total. The molecule has 0 aliphatic rings. The molecule has 0 aliphatic carbocycles. The molecule has 0 aliphatic heterocycles. The van der Waals surface area contributed by atoms with Gasteiger partial charge in [0, 0.05) is 0 Å². The van der Waals surface area contributed by atoms with E-state index in [-0.39, 0.29) is 23.0 Å². The normalized spacial score (nSPS) is 13.6. The summed E-state index contributed by atoms with van der Waals surface area (Å²) in [4.78, 5) is 12.3. The highest BCUT2D eigenvalue weighted by Gasteiger charge is 2.19. The molecule has 1 amide bonds. The summed E-state index contributed by atoms with van der Waals surface area (Å²) in [7, 11) is 0. The molecule has 0 unspecified atom stereocenters. The van der Waals surface area contributed by atoms with E-state index in [9.17, 15) is 9.18 Å². The molecule has 0 saturated heterocycles. The minimum absolute atomic E-state index is 0.0771. The van der Waals surface area contributed by atoms with E-state index in [0.717, 1.165) is 20.0 Å². The summed E-state index contributed by atoms with van der Waals surface area (Å²) in [5.74, 6) is 0.588. The van der Waals surface area contributed by atoms with Crippen LogP contribution in [0.5, 0.6) is 0 Å². The Morgan fingerprint density at radius 3 is 2.57 bits per heavy atom. The van der Waals surface area contributed by atoms with E-state index < -0.39 is 0 Å².